The lowest BCUT2D eigenvalue weighted by atomic mass is 10.2. The number of nitrogens with two attached hydrogens (primary N) is 1. The molecule has 4 nitrogen and oxygen atoms in total. The topological polar surface area (TPSA) is 53.1 Å². The third kappa shape index (κ3) is 2.91. The van der Waals surface area contributed by atoms with E-state index >= 15 is 0 Å². The van der Waals surface area contributed by atoms with Crippen molar-refractivity contribution in [2.75, 3.05) is 7.11 Å². The number of methoxy groups -OCH3 is 1. The zero-order valence-electron chi connectivity index (χ0n) is 10.4. The highest BCUT2D eigenvalue weighted by Gasteiger charge is 2.07. The van der Waals surface area contributed by atoms with Crippen molar-refractivity contribution in [3.63, 3.8) is 0 Å². The fourth-order valence-electron chi connectivity index (χ4n) is 1.75. The fourth-order valence-corrected chi connectivity index (χ4v) is 2.15. The Hall–Kier alpha value is -1.33. The number of benzene rings is 1. The summed E-state index contributed by atoms with van der Waals surface area (Å²) in [4.78, 5) is 0. The summed E-state index contributed by atoms with van der Waals surface area (Å²) in [7, 11) is 1.67. The molecule has 1 heterocycles. The van der Waals surface area contributed by atoms with E-state index in [0.717, 1.165) is 21.3 Å². The molecule has 2 rings (SSSR count). The van der Waals surface area contributed by atoms with Gasteiger partial charge in [-0.25, -0.2) is 0 Å². The van der Waals surface area contributed by atoms with Crippen LogP contribution in [0.25, 0.3) is 0 Å². The van der Waals surface area contributed by atoms with Gasteiger partial charge in [0.15, 0.2) is 0 Å². The first-order chi connectivity index (χ1) is 8.60. The molecule has 0 aliphatic carbocycles. The number of nitrogens with zero attached hydrogens (tertiary/aromatic N) is 2. The van der Waals surface area contributed by atoms with Crippen molar-refractivity contribution in [1.82, 2.24) is 9.78 Å². The average molecular weight is 310 g/mol. The van der Waals surface area contributed by atoms with E-state index in [1.165, 1.54) is 0 Å². The third-order valence-electron chi connectivity index (χ3n) is 2.75. The summed E-state index contributed by atoms with van der Waals surface area (Å²) < 4.78 is 8.23. The molecule has 0 spiro atoms. The molecular weight excluding hydrogens is 294 g/mol. The van der Waals surface area contributed by atoms with Gasteiger partial charge in [-0.15, -0.1) is 0 Å². The van der Waals surface area contributed by atoms with Crippen molar-refractivity contribution in [3.8, 4) is 5.75 Å². The molecule has 2 N–H and O–H groups in total. The molecule has 18 heavy (non-hydrogen) atoms. The zero-order valence-corrected chi connectivity index (χ0v) is 12.0. The molecule has 0 unspecified atom stereocenters. The summed E-state index contributed by atoms with van der Waals surface area (Å²) in [6, 6.07) is 5.93. The lowest BCUT2D eigenvalue weighted by molar-refractivity contribution is 0.407. The lowest BCUT2D eigenvalue weighted by Crippen LogP contribution is -2.04. The van der Waals surface area contributed by atoms with Gasteiger partial charge in [-0.2, -0.15) is 5.10 Å². The van der Waals surface area contributed by atoms with Gasteiger partial charge in [-0.3, -0.25) is 4.68 Å². The molecule has 1 atom stereocenters. The minimum Gasteiger partial charge on any atom is -0.496 e. The molecule has 0 bridgehead atoms. The van der Waals surface area contributed by atoms with Crippen LogP contribution in [-0.2, 0) is 6.54 Å². The summed E-state index contributed by atoms with van der Waals surface area (Å²) in [6.45, 7) is 2.61. The first-order valence-corrected chi connectivity index (χ1v) is 6.50. The Morgan fingerprint density at radius 2 is 2.28 bits per heavy atom. The molecule has 5 heteroatoms. The van der Waals surface area contributed by atoms with Crippen molar-refractivity contribution >= 4 is 15.9 Å². The van der Waals surface area contributed by atoms with E-state index in [0.29, 0.717) is 6.54 Å². The summed E-state index contributed by atoms with van der Waals surface area (Å²) >= 11 is 3.46. The molecule has 0 saturated heterocycles. The maximum Gasteiger partial charge on any atom is 0.124 e. The SMILES string of the molecule is COc1ccc(Br)cc1Cn1cc([C@@H](C)N)cn1. The van der Waals surface area contributed by atoms with E-state index in [1.54, 1.807) is 13.3 Å². The first-order valence-electron chi connectivity index (χ1n) is 5.70. The van der Waals surface area contributed by atoms with Crippen molar-refractivity contribution in [3.05, 3.63) is 46.2 Å². The quantitative estimate of drug-likeness (QED) is 0.944. The Bertz CT molecular complexity index is 537. The maximum atomic E-state index is 5.82. The highest BCUT2D eigenvalue weighted by molar-refractivity contribution is 9.10. The minimum absolute atomic E-state index is 0.00292. The van der Waals surface area contributed by atoms with E-state index in [1.807, 2.05) is 36.0 Å². The smallest absolute Gasteiger partial charge is 0.124 e. The van der Waals surface area contributed by atoms with Crippen molar-refractivity contribution in [1.29, 1.82) is 0 Å². The van der Waals surface area contributed by atoms with Gasteiger partial charge in [0.05, 0.1) is 19.9 Å². The highest BCUT2D eigenvalue weighted by Crippen LogP contribution is 2.23. The molecule has 1 aromatic carbocycles. The summed E-state index contributed by atoms with van der Waals surface area (Å²) in [5.41, 5.74) is 7.92. The molecule has 1 aromatic heterocycles. The molecule has 0 radical (unpaired) electrons. The van der Waals surface area contributed by atoms with Crippen LogP contribution in [0.1, 0.15) is 24.1 Å². The maximum absolute atomic E-state index is 5.82. The molecule has 0 aliphatic rings. The van der Waals surface area contributed by atoms with E-state index in [2.05, 4.69) is 21.0 Å². The van der Waals surface area contributed by atoms with Gasteiger partial charge in [0.2, 0.25) is 0 Å². The molecule has 0 aliphatic heterocycles. The van der Waals surface area contributed by atoms with Crippen molar-refractivity contribution in [2.45, 2.75) is 19.5 Å². The third-order valence-corrected chi connectivity index (χ3v) is 3.25. The van der Waals surface area contributed by atoms with Gasteiger partial charge in [0.1, 0.15) is 5.75 Å². The van der Waals surface area contributed by atoms with Gasteiger partial charge in [-0.1, -0.05) is 15.9 Å². The Labute approximate surface area is 115 Å². The highest BCUT2D eigenvalue weighted by atomic mass is 79.9. The Kier molecular flexibility index (Phi) is 4.04. The van der Waals surface area contributed by atoms with E-state index in [9.17, 15) is 0 Å². The molecule has 96 valence electrons. The van der Waals surface area contributed by atoms with Crippen LogP contribution < -0.4 is 10.5 Å². The second-order valence-electron chi connectivity index (χ2n) is 4.22. The second kappa shape index (κ2) is 5.54. The predicted molar refractivity (Wildman–Crippen MR) is 74.6 cm³/mol. The number of ether oxygens (including phenoxy) is 1. The van der Waals surface area contributed by atoms with Crippen LogP contribution in [0.15, 0.2) is 35.1 Å². The Morgan fingerprint density at radius 3 is 2.89 bits per heavy atom. The normalized spacial score (nSPS) is 12.4. The minimum atomic E-state index is 0.00292. The number of aromatic nitrogens is 2. The van der Waals surface area contributed by atoms with Crippen molar-refractivity contribution < 1.29 is 4.74 Å². The van der Waals surface area contributed by atoms with Crippen LogP contribution in [0.4, 0.5) is 0 Å². The van der Waals surface area contributed by atoms with Gasteiger partial charge < -0.3 is 10.5 Å². The monoisotopic (exact) mass is 309 g/mol. The zero-order chi connectivity index (χ0) is 13.1. The first kappa shape index (κ1) is 13.1. The largest absolute Gasteiger partial charge is 0.496 e. The molecular formula is C13H16BrN3O. The Morgan fingerprint density at radius 1 is 1.50 bits per heavy atom. The van der Waals surface area contributed by atoms with E-state index in [4.69, 9.17) is 10.5 Å². The van der Waals surface area contributed by atoms with Gasteiger partial charge in [0, 0.05) is 27.8 Å². The fraction of sp³-hybridized carbons (Fsp3) is 0.308. The van der Waals surface area contributed by atoms with Crippen LogP contribution in [0, 0.1) is 0 Å². The van der Waals surface area contributed by atoms with Crippen molar-refractivity contribution in [2.24, 2.45) is 5.73 Å². The second-order valence-corrected chi connectivity index (χ2v) is 5.13. The van der Waals surface area contributed by atoms with Crippen LogP contribution in [-0.4, -0.2) is 16.9 Å². The molecule has 0 saturated carbocycles. The Balaban J connectivity index is 2.24. The standard InChI is InChI=1S/C13H16BrN3O/c1-9(15)11-6-16-17(8-11)7-10-5-12(14)3-4-13(10)18-2/h3-6,8-9H,7,15H2,1-2H3/t9-/m1/s1. The van der Waals surface area contributed by atoms with Crippen LogP contribution in [0.2, 0.25) is 0 Å². The van der Waals surface area contributed by atoms with Gasteiger partial charge in [0.25, 0.3) is 0 Å². The molecule has 2 aromatic rings. The number of rotatable bonds is 4. The number of halogens is 1. The van der Waals surface area contributed by atoms with E-state index < -0.39 is 0 Å². The van der Waals surface area contributed by atoms with Gasteiger partial charge in [-0.05, 0) is 25.1 Å². The number of hydrogen-bond acceptors (Lipinski definition) is 3. The summed E-state index contributed by atoms with van der Waals surface area (Å²) in [5.74, 6) is 0.857. The lowest BCUT2D eigenvalue weighted by Gasteiger charge is -2.09. The predicted octanol–water partition coefficient (Wildman–Crippen LogP) is 2.72. The molecule has 0 fully saturated rings. The summed E-state index contributed by atoms with van der Waals surface area (Å²) in [6.07, 6.45) is 3.76. The number of hydrogen-bond donors (Lipinski definition) is 1. The summed E-state index contributed by atoms with van der Waals surface area (Å²) in [5, 5.41) is 4.30. The van der Waals surface area contributed by atoms with E-state index in [-0.39, 0.29) is 6.04 Å². The van der Waals surface area contributed by atoms with Crippen LogP contribution in [0.3, 0.4) is 0 Å². The van der Waals surface area contributed by atoms with Gasteiger partial charge >= 0.3 is 0 Å². The molecule has 0 amide bonds. The van der Waals surface area contributed by atoms with Crippen LogP contribution >= 0.6 is 15.9 Å². The average Bonchev–Trinajstić information content (AvgIpc) is 2.78. The van der Waals surface area contributed by atoms with Crippen LogP contribution in [0.5, 0.6) is 5.75 Å².